The number of sulfonamides is 1. The van der Waals surface area contributed by atoms with E-state index in [2.05, 4.69) is 18.4 Å². The fourth-order valence-electron chi connectivity index (χ4n) is 6.47. The Kier molecular flexibility index (Phi) is 7.50. The highest BCUT2D eigenvalue weighted by Crippen LogP contribution is 2.48. The zero-order valence-electron chi connectivity index (χ0n) is 23.5. The number of anilines is 1. The number of hydrogen-bond donors (Lipinski definition) is 1. The molecule has 11 heteroatoms. The number of hydrogen-bond acceptors (Lipinski definition) is 7. The minimum Gasteiger partial charge on any atom is -0.383 e. The SMILES string of the molecule is COCCN(C[C@H]1CCC2=C1[C@@H](C)C1=CNN(c3ccc(F)cc3)C1=C2)S(=O)(=O)CCN1C(=O)c2ccccc2C1=O. The highest BCUT2D eigenvalue weighted by molar-refractivity contribution is 7.89. The molecule has 9 nitrogen and oxygen atoms in total. The Morgan fingerprint density at radius 2 is 1.76 bits per heavy atom. The smallest absolute Gasteiger partial charge is 0.261 e. The highest BCUT2D eigenvalue weighted by atomic mass is 32.2. The lowest BCUT2D eigenvalue weighted by Crippen LogP contribution is -2.43. The fraction of sp³-hybridized carbons (Fsp3) is 0.355. The number of carbonyl (C=O) groups excluding carboxylic acids is 2. The molecule has 0 bridgehead atoms. The summed E-state index contributed by atoms with van der Waals surface area (Å²) in [6.45, 7) is 2.63. The van der Waals surface area contributed by atoms with Crippen molar-refractivity contribution in [3.63, 3.8) is 0 Å². The van der Waals surface area contributed by atoms with E-state index in [9.17, 15) is 22.4 Å². The third kappa shape index (κ3) is 4.95. The third-order valence-electron chi connectivity index (χ3n) is 8.60. The number of fused-ring (bicyclic) bond motifs is 2. The van der Waals surface area contributed by atoms with Gasteiger partial charge in [-0.2, -0.15) is 4.31 Å². The third-order valence-corrected chi connectivity index (χ3v) is 10.4. The van der Waals surface area contributed by atoms with Crippen LogP contribution in [-0.4, -0.2) is 68.5 Å². The molecule has 6 rings (SSSR count). The minimum absolute atomic E-state index is 0.0134. The van der Waals surface area contributed by atoms with Crippen LogP contribution in [-0.2, 0) is 14.8 Å². The largest absolute Gasteiger partial charge is 0.383 e. The average Bonchev–Trinajstić information content (AvgIpc) is 3.66. The molecule has 2 atom stereocenters. The van der Waals surface area contributed by atoms with E-state index in [4.69, 9.17) is 4.74 Å². The predicted octanol–water partition coefficient (Wildman–Crippen LogP) is 3.85. The van der Waals surface area contributed by atoms with Crippen LogP contribution >= 0.6 is 0 Å². The maximum Gasteiger partial charge on any atom is 0.261 e. The summed E-state index contributed by atoms with van der Waals surface area (Å²) in [7, 11) is -2.29. The van der Waals surface area contributed by atoms with Crippen molar-refractivity contribution in [2.75, 3.05) is 44.1 Å². The van der Waals surface area contributed by atoms with Crippen molar-refractivity contribution in [1.29, 1.82) is 0 Å². The van der Waals surface area contributed by atoms with E-state index in [-0.39, 0.29) is 43.1 Å². The van der Waals surface area contributed by atoms with Gasteiger partial charge in [0.15, 0.2) is 0 Å². The first-order chi connectivity index (χ1) is 20.2. The number of imide groups is 1. The van der Waals surface area contributed by atoms with Gasteiger partial charge in [0.2, 0.25) is 10.0 Å². The summed E-state index contributed by atoms with van der Waals surface area (Å²) in [6.07, 6.45) is 5.75. The Bertz CT molecular complexity index is 1600. The van der Waals surface area contributed by atoms with Gasteiger partial charge < -0.3 is 10.2 Å². The summed E-state index contributed by atoms with van der Waals surface area (Å²) in [5, 5.41) is 1.94. The van der Waals surface area contributed by atoms with Crippen LogP contribution in [0.25, 0.3) is 0 Å². The molecule has 0 saturated carbocycles. The number of hydrazine groups is 1. The van der Waals surface area contributed by atoms with Crippen molar-refractivity contribution in [2.24, 2.45) is 11.8 Å². The van der Waals surface area contributed by atoms with Gasteiger partial charge in [-0.15, -0.1) is 0 Å². The molecular weight excluding hydrogens is 559 g/mol. The van der Waals surface area contributed by atoms with Crippen LogP contribution in [0.4, 0.5) is 10.1 Å². The Labute approximate surface area is 244 Å². The molecule has 42 heavy (non-hydrogen) atoms. The number of methoxy groups -OCH3 is 1. The van der Waals surface area contributed by atoms with Crippen molar-refractivity contribution in [3.8, 4) is 0 Å². The molecule has 2 aliphatic heterocycles. The second kappa shape index (κ2) is 11.1. The quantitative estimate of drug-likeness (QED) is 0.419. The number of nitrogens with one attached hydrogen (secondary N) is 1. The number of amides is 2. The van der Waals surface area contributed by atoms with E-state index in [1.54, 1.807) is 36.4 Å². The summed E-state index contributed by atoms with van der Waals surface area (Å²) in [4.78, 5) is 26.6. The normalized spacial score (nSPS) is 21.4. The number of ether oxygens (including phenoxy) is 1. The van der Waals surface area contributed by atoms with Crippen molar-refractivity contribution < 1.29 is 27.1 Å². The Balaban J connectivity index is 1.20. The van der Waals surface area contributed by atoms with Gasteiger partial charge >= 0.3 is 0 Å². The van der Waals surface area contributed by atoms with Gasteiger partial charge in [0.05, 0.1) is 34.9 Å². The van der Waals surface area contributed by atoms with Gasteiger partial charge in [-0.3, -0.25) is 19.5 Å². The number of nitrogens with zero attached hydrogens (tertiary/aromatic N) is 3. The van der Waals surface area contributed by atoms with Crippen LogP contribution in [0.1, 0.15) is 40.5 Å². The van der Waals surface area contributed by atoms with Crippen LogP contribution < -0.4 is 10.4 Å². The van der Waals surface area contributed by atoms with Crippen molar-refractivity contribution in [3.05, 3.63) is 100 Å². The lowest BCUT2D eigenvalue weighted by molar-refractivity contribution is 0.0663. The molecule has 220 valence electrons. The van der Waals surface area contributed by atoms with Crippen molar-refractivity contribution >= 4 is 27.5 Å². The molecule has 0 fully saturated rings. The topological polar surface area (TPSA) is 99.3 Å². The van der Waals surface area contributed by atoms with Crippen LogP contribution in [0, 0.1) is 17.7 Å². The molecule has 2 aliphatic carbocycles. The maximum atomic E-state index is 13.7. The monoisotopic (exact) mass is 592 g/mol. The molecule has 2 aromatic rings. The van der Waals surface area contributed by atoms with Gasteiger partial charge in [-0.25, -0.2) is 12.8 Å². The molecule has 1 N–H and O–H groups in total. The van der Waals surface area contributed by atoms with Crippen molar-refractivity contribution in [1.82, 2.24) is 14.6 Å². The van der Waals surface area contributed by atoms with Crippen LogP contribution in [0.5, 0.6) is 0 Å². The number of halogens is 1. The molecule has 2 amide bonds. The first-order valence-electron chi connectivity index (χ1n) is 14.1. The molecule has 2 heterocycles. The zero-order valence-corrected chi connectivity index (χ0v) is 24.4. The van der Waals surface area contributed by atoms with Gasteiger partial charge in [-0.05, 0) is 66.8 Å². The Hall–Kier alpha value is -3.80. The van der Waals surface area contributed by atoms with E-state index >= 15 is 0 Å². The Morgan fingerprint density at radius 3 is 2.43 bits per heavy atom. The van der Waals surface area contributed by atoms with Gasteiger partial charge in [-0.1, -0.05) is 24.6 Å². The first kappa shape index (κ1) is 28.3. The molecular formula is C31H33FN4O5S. The lowest BCUT2D eigenvalue weighted by Gasteiger charge is -2.32. The van der Waals surface area contributed by atoms with Gasteiger partial charge in [0.1, 0.15) is 5.82 Å². The second-order valence-corrected chi connectivity index (χ2v) is 13.1. The average molecular weight is 593 g/mol. The lowest BCUT2D eigenvalue weighted by atomic mass is 9.80. The minimum atomic E-state index is -3.82. The number of benzene rings is 2. The van der Waals surface area contributed by atoms with E-state index in [1.807, 2.05) is 11.2 Å². The van der Waals surface area contributed by atoms with E-state index in [1.165, 1.54) is 34.7 Å². The molecule has 0 unspecified atom stereocenters. The molecule has 0 saturated heterocycles. The molecule has 2 aromatic carbocycles. The molecule has 0 aromatic heterocycles. The fourth-order valence-corrected chi connectivity index (χ4v) is 7.90. The Morgan fingerprint density at radius 1 is 1.07 bits per heavy atom. The summed E-state index contributed by atoms with van der Waals surface area (Å²) < 4.78 is 47.5. The molecule has 4 aliphatic rings. The van der Waals surface area contributed by atoms with Gasteiger partial charge in [0.25, 0.3) is 11.8 Å². The zero-order chi connectivity index (χ0) is 29.6. The van der Waals surface area contributed by atoms with E-state index in [0.717, 1.165) is 34.7 Å². The highest BCUT2D eigenvalue weighted by Gasteiger charge is 2.40. The van der Waals surface area contributed by atoms with E-state index in [0.29, 0.717) is 17.7 Å². The summed E-state index contributed by atoms with van der Waals surface area (Å²) in [6, 6.07) is 12.9. The van der Waals surface area contributed by atoms with Gasteiger partial charge in [0, 0.05) is 44.4 Å². The predicted molar refractivity (Wildman–Crippen MR) is 156 cm³/mol. The second-order valence-electron chi connectivity index (χ2n) is 11.0. The van der Waals surface area contributed by atoms with Crippen molar-refractivity contribution in [2.45, 2.75) is 19.8 Å². The summed E-state index contributed by atoms with van der Waals surface area (Å²) in [5.41, 5.74) is 9.26. The molecule has 0 spiro atoms. The number of carbonyl (C=O) groups is 2. The van der Waals surface area contributed by atoms with Crippen LogP contribution in [0.2, 0.25) is 0 Å². The van der Waals surface area contributed by atoms with Crippen LogP contribution in [0.3, 0.4) is 0 Å². The number of allylic oxidation sites excluding steroid dienone is 3. The summed E-state index contributed by atoms with van der Waals surface area (Å²) in [5.74, 6) is -1.51. The summed E-state index contributed by atoms with van der Waals surface area (Å²) >= 11 is 0. The first-order valence-corrected chi connectivity index (χ1v) is 15.7. The van der Waals surface area contributed by atoms with E-state index < -0.39 is 21.8 Å². The van der Waals surface area contributed by atoms with Crippen LogP contribution in [0.15, 0.2) is 83.2 Å². The standard InChI is InChI=1S/C31H33FN4O5S/c1-20-27-18-33-36(24-11-9-23(32)10-12-24)28(27)17-21-7-8-22(29(20)21)19-34(13-15-41-2)42(39,40)16-14-35-30(37)25-5-3-4-6-26(25)31(35)38/h3-6,9-12,17-18,20,22,33H,7-8,13-16,19H2,1-2H3/t20-,22+/m0/s1. The maximum absolute atomic E-state index is 13.7. The molecule has 0 radical (unpaired) electrons. The number of rotatable bonds is 10.